The van der Waals surface area contributed by atoms with Crippen LogP contribution in [0.3, 0.4) is 0 Å². The number of nitrogens with one attached hydrogen (secondary N) is 3. The molecule has 1 aliphatic carbocycles. The minimum Gasteiger partial charge on any atom is -0.487 e. The van der Waals surface area contributed by atoms with E-state index in [-0.39, 0.29) is 65.4 Å². The molecule has 3 aromatic rings. The average molecular weight is 647 g/mol. The Bertz CT molecular complexity index is 1510. The van der Waals surface area contributed by atoms with Crippen molar-refractivity contribution < 1.29 is 31.9 Å². The van der Waals surface area contributed by atoms with Gasteiger partial charge in [0.1, 0.15) is 12.4 Å². The fourth-order valence-corrected chi connectivity index (χ4v) is 5.16. The topological polar surface area (TPSA) is 97.3 Å². The number of hydrogen-bond donors (Lipinski definition) is 3. The number of alkyl halides is 4. The van der Waals surface area contributed by atoms with Gasteiger partial charge >= 0.3 is 0 Å². The van der Waals surface area contributed by atoms with Crippen LogP contribution in [0.25, 0.3) is 11.0 Å². The fourth-order valence-electron chi connectivity index (χ4n) is 4.63. The molecule has 1 aromatic heterocycles. The normalized spacial score (nSPS) is 15.5. The van der Waals surface area contributed by atoms with Gasteiger partial charge in [-0.1, -0.05) is 50.0 Å². The number of carbonyl (C=O) groups is 2. The first-order valence-electron chi connectivity index (χ1n) is 13.7. The van der Waals surface area contributed by atoms with Crippen LogP contribution in [0.1, 0.15) is 62.4 Å². The number of amides is 2. The van der Waals surface area contributed by atoms with E-state index in [4.69, 9.17) is 27.9 Å². The summed E-state index contributed by atoms with van der Waals surface area (Å²) in [6, 6.07) is 5.64. The molecule has 0 radical (unpaired) electrons. The summed E-state index contributed by atoms with van der Waals surface area (Å²) in [5, 5.41) is 9.19. The van der Waals surface area contributed by atoms with Gasteiger partial charge in [-0.05, 0) is 30.5 Å². The van der Waals surface area contributed by atoms with Crippen molar-refractivity contribution in [1.29, 1.82) is 0 Å². The van der Waals surface area contributed by atoms with E-state index >= 15 is 0 Å². The molecule has 234 valence electrons. The largest absolute Gasteiger partial charge is 0.487 e. The first-order chi connectivity index (χ1) is 20.1. The Balaban J connectivity index is 1.63. The Morgan fingerprint density at radius 2 is 1.84 bits per heavy atom. The molecule has 0 unspecified atom stereocenters. The van der Waals surface area contributed by atoms with Crippen molar-refractivity contribution >= 4 is 57.7 Å². The molecule has 0 atom stereocenters. The van der Waals surface area contributed by atoms with Crippen LogP contribution in [0.15, 0.2) is 24.3 Å². The molecule has 1 fully saturated rings. The Hall–Kier alpha value is -3.25. The summed E-state index contributed by atoms with van der Waals surface area (Å²) in [5.41, 5.74) is 1.06. The quantitative estimate of drug-likeness (QED) is 0.213. The molecular formula is C29H33Cl2F4N5O3. The lowest BCUT2D eigenvalue weighted by atomic mass is 9.92. The summed E-state index contributed by atoms with van der Waals surface area (Å²) >= 11 is 13.1. The summed E-state index contributed by atoms with van der Waals surface area (Å²) in [6.45, 7) is 4.58. The number of aromatic nitrogens is 2. The number of ether oxygens (including phenoxy) is 1. The molecule has 0 aliphatic heterocycles. The highest BCUT2D eigenvalue weighted by Crippen LogP contribution is 2.37. The third-order valence-corrected chi connectivity index (χ3v) is 7.92. The third kappa shape index (κ3) is 7.83. The number of hydrogen-bond acceptors (Lipinski definition) is 5. The Morgan fingerprint density at radius 3 is 2.47 bits per heavy atom. The highest BCUT2D eigenvalue weighted by Gasteiger charge is 2.35. The van der Waals surface area contributed by atoms with Crippen LogP contribution >= 0.6 is 23.2 Å². The molecule has 4 rings (SSSR count). The maximum absolute atomic E-state index is 13.6. The molecule has 14 heteroatoms. The standard InChI is InChI=1S/C29H33Cl2F4N5O3/c1-28(2,3)26(42)36-13-15-5-6-18(30)24(23(15)31)39-27-38-19-11-17(21(43-14-22(32)33)12-20(19)40(27)4)25(41)37-16-7-9-29(34,35)10-8-16/h5-6,11-12,16,22H,7-10,13-14H2,1-4H3,(H,36,42)(H,37,41)(H,38,39). The Labute approximate surface area is 256 Å². The van der Waals surface area contributed by atoms with Gasteiger partial charge in [-0.25, -0.2) is 22.5 Å². The SMILES string of the molecule is Cn1c(Nc2c(Cl)ccc(CNC(=O)C(C)(C)C)c2Cl)nc2cc(C(=O)NC3CCC(F)(F)CC3)c(OCC(F)F)cc21. The molecule has 2 amide bonds. The van der Waals surface area contributed by atoms with Crippen molar-refractivity contribution in [3.63, 3.8) is 0 Å². The van der Waals surface area contributed by atoms with Crippen LogP contribution in [0, 0.1) is 5.41 Å². The number of imidazole rings is 1. The molecule has 1 aliphatic rings. The highest BCUT2D eigenvalue weighted by atomic mass is 35.5. The lowest BCUT2D eigenvalue weighted by Crippen LogP contribution is -2.40. The minimum absolute atomic E-state index is 0.0530. The maximum atomic E-state index is 13.6. The van der Waals surface area contributed by atoms with E-state index in [1.165, 1.54) is 12.1 Å². The van der Waals surface area contributed by atoms with Gasteiger partial charge in [-0.2, -0.15) is 0 Å². The first-order valence-corrected chi connectivity index (χ1v) is 14.4. The second-order valence-corrected chi connectivity index (χ2v) is 12.4. The van der Waals surface area contributed by atoms with E-state index < -0.39 is 36.3 Å². The first kappa shape index (κ1) is 32.7. The number of fused-ring (bicyclic) bond motifs is 1. The maximum Gasteiger partial charge on any atom is 0.272 e. The fraction of sp³-hybridized carbons (Fsp3) is 0.483. The molecule has 1 saturated carbocycles. The third-order valence-electron chi connectivity index (χ3n) is 7.17. The summed E-state index contributed by atoms with van der Waals surface area (Å²) in [6.07, 6.45) is -3.31. The molecule has 0 spiro atoms. The van der Waals surface area contributed by atoms with Gasteiger partial charge in [0.25, 0.3) is 12.3 Å². The van der Waals surface area contributed by atoms with E-state index in [1.54, 1.807) is 44.5 Å². The number of nitrogens with zero attached hydrogens (tertiary/aromatic N) is 2. The minimum atomic E-state index is -2.79. The number of anilines is 2. The molecule has 2 aromatic carbocycles. The van der Waals surface area contributed by atoms with Crippen LogP contribution in [-0.2, 0) is 18.4 Å². The molecular weight excluding hydrogens is 613 g/mol. The van der Waals surface area contributed by atoms with E-state index in [2.05, 4.69) is 20.9 Å². The zero-order valence-electron chi connectivity index (χ0n) is 24.1. The van der Waals surface area contributed by atoms with Gasteiger partial charge in [0.15, 0.2) is 0 Å². The van der Waals surface area contributed by atoms with E-state index in [0.717, 1.165) is 0 Å². The lowest BCUT2D eigenvalue weighted by molar-refractivity contribution is -0.128. The van der Waals surface area contributed by atoms with Crippen LogP contribution < -0.4 is 20.7 Å². The number of benzene rings is 2. The predicted octanol–water partition coefficient (Wildman–Crippen LogP) is 7.24. The lowest BCUT2D eigenvalue weighted by Gasteiger charge is -2.29. The molecule has 1 heterocycles. The molecule has 3 N–H and O–H groups in total. The van der Waals surface area contributed by atoms with Crippen LogP contribution in [-0.4, -0.2) is 46.4 Å². The zero-order chi connectivity index (χ0) is 31.7. The van der Waals surface area contributed by atoms with Gasteiger partial charge in [0, 0.05) is 44.0 Å². The van der Waals surface area contributed by atoms with Crippen LogP contribution in [0.2, 0.25) is 10.0 Å². The van der Waals surface area contributed by atoms with Gasteiger partial charge < -0.3 is 25.3 Å². The second-order valence-electron chi connectivity index (χ2n) is 11.6. The predicted molar refractivity (Wildman–Crippen MR) is 158 cm³/mol. The Kier molecular flexibility index (Phi) is 9.70. The van der Waals surface area contributed by atoms with Crippen molar-refractivity contribution in [3.05, 3.63) is 45.4 Å². The Morgan fingerprint density at radius 1 is 1.16 bits per heavy atom. The van der Waals surface area contributed by atoms with Gasteiger partial charge in [-0.3, -0.25) is 9.59 Å². The molecule has 43 heavy (non-hydrogen) atoms. The van der Waals surface area contributed by atoms with Crippen molar-refractivity contribution in [2.24, 2.45) is 12.5 Å². The summed E-state index contributed by atoms with van der Waals surface area (Å²) in [5.74, 6) is -3.41. The number of rotatable bonds is 9. The zero-order valence-corrected chi connectivity index (χ0v) is 25.6. The summed E-state index contributed by atoms with van der Waals surface area (Å²) in [7, 11) is 1.66. The monoisotopic (exact) mass is 645 g/mol. The van der Waals surface area contributed by atoms with Gasteiger partial charge in [0.05, 0.1) is 32.3 Å². The van der Waals surface area contributed by atoms with Crippen molar-refractivity contribution in [3.8, 4) is 5.75 Å². The van der Waals surface area contributed by atoms with E-state index in [0.29, 0.717) is 22.3 Å². The van der Waals surface area contributed by atoms with Crippen LogP contribution in [0.5, 0.6) is 5.75 Å². The smallest absolute Gasteiger partial charge is 0.272 e. The van der Waals surface area contributed by atoms with Crippen molar-refractivity contribution in [2.75, 3.05) is 11.9 Å². The van der Waals surface area contributed by atoms with Crippen molar-refractivity contribution in [1.82, 2.24) is 20.2 Å². The molecule has 8 nitrogen and oxygen atoms in total. The summed E-state index contributed by atoms with van der Waals surface area (Å²) in [4.78, 5) is 30.1. The van der Waals surface area contributed by atoms with Crippen LogP contribution in [0.4, 0.5) is 29.2 Å². The van der Waals surface area contributed by atoms with Gasteiger partial charge in [-0.15, -0.1) is 0 Å². The number of halogens is 6. The van der Waals surface area contributed by atoms with E-state index in [1.807, 2.05) is 0 Å². The average Bonchev–Trinajstić information content (AvgIpc) is 3.23. The molecule has 0 bridgehead atoms. The second kappa shape index (κ2) is 12.8. The molecule has 0 saturated heterocycles. The van der Waals surface area contributed by atoms with E-state index in [9.17, 15) is 27.2 Å². The number of aryl methyl sites for hydroxylation is 1. The highest BCUT2D eigenvalue weighted by molar-refractivity contribution is 6.39. The van der Waals surface area contributed by atoms with Crippen molar-refractivity contribution in [2.45, 2.75) is 71.4 Å². The summed E-state index contributed by atoms with van der Waals surface area (Å²) < 4.78 is 60.1. The van der Waals surface area contributed by atoms with Gasteiger partial charge in [0.2, 0.25) is 17.8 Å². The number of carbonyl (C=O) groups excluding carboxylic acids is 2.